The largest absolute Gasteiger partial charge is 0.480 e. The van der Waals surface area contributed by atoms with Gasteiger partial charge in [-0.15, -0.1) is 0 Å². The number of nitrogens with zero attached hydrogens (tertiary/aromatic N) is 1. The summed E-state index contributed by atoms with van der Waals surface area (Å²) in [5.41, 5.74) is -0.462. The summed E-state index contributed by atoms with van der Waals surface area (Å²) < 4.78 is 5.44. The van der Waals surface area contributed by atoms with E-state index in [1.165, 1.54) is 11.9 Å². The molecule has 0 aromatic heterocycles. The lowest BCUT2D eigenvalue weighted by molar-refractivity contribution is -0.141. The molecule has 6 nitrogen and oxygen atoms in total. The number of carboxylic acid groups (broad SMARTS) is 1. The second-order valence-corrected chi connectivity index (χ2v) is 4.72. The van der Waals surface area contributed by atoms with E-state index in [2.05, 4.69) is 5.32 Å². The lowest BCUT2D eigenvalue weighted by Gasteiger charge is -2.28. The number of rotatable bonds is 7. The predicted molar refractivity (Wildman–Crippen MR) is 68.6 cm³/mol. The van der Waals surface area contributed by atoms with Crippen LogP contribution >= 0.6 is 0 Å². The van der Waals surface area contributed by atoms with Crippen LogP contribution in [0.5, 0.6) is 0 Å². The van der Waals surface area contributed by atoms with Gasteiger partial charge in [0.15, 0.2) is 0 Å². The van der Waals surface area contributed by atoms with E-state index in [1.807, 2.05) is 20.8 Å². The zero-order valence-corrected chi connectivity index (χ0v) is 11.8. The Bertz CT molecular complexity index is 292. The van der Waals surface area contributed by atoms with Crippen LogP contribution in [0.1, 0.15) is 34.1 Å². The monoisotopic (exact) mass is 260 g/mol. The maximum Gasteiger partial charge on any atom is 0.326 e. The normalized spacial score (nSPS) is 12.9. The van der Waals surface area contributed by atoms with Gasteiger partial charge in [-0.2, -0.15) is 0 Å². The van der Waals surface area contributed by atoms with Crippen LogP contribution in [0.2, 0.25) is 0 Å². The molecule has 6 heteroatoms. The molecule has 106 valence electrons. The average Bonchev–Trinajstić information content (AvgIpc) is 2.26. The SMILES string of the molecule is CCOC(C)(C)CNC(=O)N(C)C(CC)C(=O)O. The van der Waals surface area contributed by atoms with Crippen molar-refractivity contribution in [2.24, 2.45) is 0 Å². The molecule has 0 fully saturated rings. The number of hydrogen-bond donors (Lipinski definition) is 2. The Balaban J connectivity index is 4.36. The second kappa shape index (κ2) is 7.20. The summed E-state index contributed by atoms with van der Waals surface area (Å²) in [6, 6.07) is -1.21. The van der Waals surface area contributed by atoms with E-state index < -0.39 is 23.6 Å². The summed E-state index contributed by atoms with van der Waals surface area (Å²) >= 11 is 0. The third-order valence-electron chi connectivity index (χ3n) is 2.66. The minimum Gasteiger partial charge on any atom is -0.480 e. The van der Waals surface area contributed by atoms with Gasteiger partial charge in [0.25, 0.3) is 0 Å². The molecule has 1 atom stereocenters. The quantitative estimate of drug-likeness (QED) is 0.723. The Morgan fingerprint density at radius 2 is 1.94 bits per heavy atom. The number of ether oxygens (including phenoxy) is 1. The number of nitrogens with one attached hydrogen (secondary N) is 1. The fourth-order valence-corrected chi connectivity index (χ4v) is 1.61. The maximum atomic E-state index is 11.8. The molecule has 0 aliphatic heterocycles. The molecule has 0 aromatic rings. The molecule has 0 bridgehead atoms. The first-order valence-corrected chi connectivity index (χ1v) is 6.12. The first-order chi connectivity index (χ1) is 8.25. The first-order valence-electron chi connectivity index (χ1n) is 6.12. The van der Waals surface area contributed by atoms with Crippen molar-refractivity contribution < 1.29 is 19.4 Å². The van der Waals surface area contributed by atoms with Gasteiger partial charge < -0.3 is 20.1 Å². The minimum absolute atomic E-state index is 0.333. The highest BCUT2D eigenvalue weighted by Gasteiger charge is 2.26. The Hall–Kier alpha value is -1.30. The topological polar surface area (TPSA) is 78.9 Å². The average molecular weight is 260 g/mol. The Morgan fingerprint density at radius 1 is 1.39 bits per heavy atom. The number of carbonyl (C=O) groups is 2. The van der Waals surface area contributed by atoms with Crippen molar-refractivity contribution in [2.45, 2.75) is 45.8 Å². The van der Waals surface area contributed by atoms with Crippen molar-refractivity contribution in [2.75, 3.05) is 20.2 Å². The standard InChI is InChI=1S/C12H24N2O4/c1-6-9(10(15)16)14(5)11(17)13-8-12(3,4)18-7-2/h9H,6-8H2,1-5H3,(H,13,17)(H,15,16). The van der Waals surface area contributed by atoms with Gasteiger partial charge in [0.05, 0.1) is 5.60 Å². The molecule has 2 N–H and O–H groups in total. The third-order valence-corrected chi connectivity index (χ3v) is 2.66. The molecule has 0 saturated carbocycles. The summed E-state index contributed by atoms with van der Waals surface area (Å²) in [5.74, 6) is -1.00. The summed E-state index contributed by atoms with van der Waals surface area (Å²) in [5, 5.41) is 11.6. The number of carboxylic acids is 1. The van der Waals surface area contributed by atoms with Gasteiger partial charge in [0.2, 0.25) is 0 Å². The molecule has 0 spiro atoms. The van der Waals surface area contributed by atoms with Crippen molar-refractivity contribution in [3.8, 4) is 0 Å². The van der Waals surface area contributed by atoms with E-state index in [1.54, 1.807) is 6.92 Å². The molecule has 1 unspecified atom stereocenters. The van der Waals surface area contributed by atoms with E-state index in [4.69, 9.17) is 9.84 Å². The van der Waals surface area contributed by atoms with Crippen LogP contribution in [-0.4, -0.2) is 53.8 Å². The van der Waals surface area contributed by atoms with Gasteiger partial charge in [-0.25, -0.2) is 9.59 Å². The van der Waals surface area contributed by atoms with Gasteiger partial charge >= 0.3 is 12.0 Å². The molecule has 18 heavy (non-hydrogen) atoms. The lowest BCUT2D eigenvalue weighted by Crippen LogP contribution is -2.50. The highest BCUT2D eigenvalue weighted by atomic mass is 16.5. The second-order valence-electron chi connectivity index (χ2n) is 4.72. The van der Waals surface area contributed by atoms with Crippen LogP contribution in [-0.2, 0) is 9.53 Å². The van der Waals surface area contributed by atoms with Crippen LogP contribution in [0, 0.1) is 0 Å². The minimum atomic E-state index is -1.00. The Labute approximate surface area is 108 Å². The summed E-state index contributed by atoms with van der Waals surface area (Å²) in [7, 11) is 1.48. The zero-order valence-electron chi connectivity index (χ0n) is 11.8. The van der Waals surface area contributed by atoms with Gasteiger partial charge in [0.1, 0.15) is 6.04 Å². The first kappa shape index (κ1) is 16.7. The summed E-state index contributed by atoms with van der Waals surface area (Å²) in [4.78, 5) is 23.9. The highest BCUT2D eigenvalue weighted by Crippen LogP contribution is 2.08. The van der Waals surface area contributed by atoms with Crippen LogP contribution in [0.3, 0.4) is 0 Å². The molecular weight excluding hydrogens is 236 g/mol. The fourth-order valence-electron chi connectivity index (χ4n) is 1.61. The number of urea groups is 1. The number of carbonyl (C=O) groups excluding carboxylic acids is 1. The van der Waals surface area contributed by atoms with Gasteiger partial charge in [-0.1, -0.05) is 6.92 Å². The third kappa shape index (κ3) is 5.35. The molecule has 0 aromatic carbocycles. The molecular formula is C12H24N2O4. The zero-order chi connectivity index (χ0) is 14.3. The lowest BCUT2D eigenvalue weighted by atomic mass is 10.1. The molecule has 2 amide bonds. The smallest absolute Gasteiger partial charge is 0.326 e. The summed E-state index contributed by atoms with van der Waals surface area (Å²) in [6.45, 7) is 8.24. The van der Waals surface area contributed by atoms with Crippen molar-refractivity contribution in [3.05, 3.63) is 0 Å². The maximum absolute atomic E-state index is 11.8. The van der Waals surface area contributed by atoms with E-state index in [0.29, 0.717) is 19.6 Å². The summed E-state index contributed by atoms with van der Waals surface area (Å²) in [6.07, 6.45) is 0.369. The Kier molecular flexibility index (Phi) is 6.68. The van der Waals surface area contributed by atoms with E-state index in [9.17, 15) is 9.59 Å². The number of aliphatic carboxylic acids is 1. The molecule has 0 aliphatic carbocycles. The number of amides is 2. The highest BCUT2D eigenvalue weighted by molar-refractivity contribution is 5.82. The van der Waals surface area contributed by atoms with Crippen molar-refractivity contribution >= 4 is 12.0 Å². The van der Waals surface area contributed by atoms with Crippen molar-refractivity contribution in [1.82, 2.24) is 10.2 Å². The van der Waals surface area contributed by atoms with Crippen LogP contribution in [0.25, 0.3) is 0 Å². The molecule has 0 aliphatic rings. The molecule has 0 heterocycles. The fraction of sp³-hybridized carbons (Fsp3) is 0.833. The van der Waals surface area contributed by atoms with Crippen LogP contribution in [0.15, 0.2) is 0 Å². The van der Waals surface area contributed by atoms with Crippen molar-refractivity contribution in [1.29, 1.82) is 0 Å². The van der Waals surface area contributed by atoms with Gasteiger partial charge in [-0.05, 0) is 27.2 Å². The van der Waals surface area contributed by atoms with E-state index >= 15 is 0 Å². The predicted octanol–water partition coefficient (Wildman–Crippen LogP) is 1.31. The number of hydrogen-bond acceptors (Lipinski definition) is 3. The molecule has 0 radical (unpaired) electrons. The Morgan fingerprint density at radius 3 is 2.33 bits per heavy atom. The molecule has 0 rings (SSSR count). The van der Waals surface area contributed by atoms with Gasteiger partial charge in [0, 0.05) is 20.2 Å². The van der Waals surface area contributed by atoms with Gasteiger partial charge in [-0.3, -0.25) is 0 Å². The van der Waals surface area contributed by atoms with Crippen molar-refractivity contribution in [3.63, 3.8) is 0 Å². The van der Waals surface area contributed by atoms with E-state index in [0.717, 1.165) is 0 Å². The molecule has 0 saturated heterocycles. The van der Waals surface area contributed by atoms with Crippen LogP contribution in [0.4, 0.5) is 4.79 Å². The number of likely N-dealkylation sites (N-methyl/N-ethyl adjacent to an activating group) is 1. The van der Waals surface area contributed by atoms with E-state index in [-0.39, 0.29) is 0 Å². The van der Waals surface area contributed by atoms with Crippen LogP contribution < -0.4 is 5.32 Å².